The Kier molecular flexibility index (Phi) is 3.80. The number of tetrazole rings is 1. The van der Waals surface area contributed by atoms with E-state index in [0.29, 0.717) is 16.9 Å². The average Bonchev–Trinajstić information content (AvgIpc) is 3.05. The highest BCUT2D eigenvalue weighted by molar-refractivity contribution is 6.31. The van der Waals surface area contributed by atoms with Gasteiger partial charge in [0.2, 0.25) is 0 Å². The fourth-order valence-electron chi connectivity index (χ4n) is 1.91. The summed E-state index contributed by atoms with van der Waals surface area (Å²) in [6.45, 7) is 0. The maximum atomic E-state index is 13.1. The molecular formula is C14H9ClFN5O. The van der Waals surface area contributed by atoms with Crippen molar-refractivity contribution in [3.8, 4) is 5.69 Å². The van der Waals surface area contributed by atoms with Crippen molar-refractivity contribution in [2.24, 2.45) is 0 Å². The Morgan fingerprint density at radius 3 is 2.77 bits per heavy atom. The number of anilines is 1. The number of carbonyl (C=O) groups is 1. The van der Waals surface area contributed by atoms with E-state index in [-0.39, 0.29) is 10.9 Å². The molecule has 1 amide bonds. The van der Waals surface area contributed by atoms with Crippen LogP contribution in [-0.4, -0.2) is 26.1 Å². The molecule has 110 valence electrons. The molecule has 0 saturated carbocycles. The summed E-state index contributed by atoms with van der Waals surface area (Å²) in [5.41, 5.74) is 1.29. The number of hydrogen-bond donors (Lipinski definition) is 1. The third kappa shape index (κ3) is 2.79. The van der Waals surface area contributed by atoms with E-state index in [1.54, 1.807) is 24.3 Å². The third-order valence-electron chi connectivity index (χ3n) is 2.92. The lowest BCUT2D eigenvalue weighted by atomic mass is 10.1. The molecule has 2 aromatic carbocycles. The van der Waals surface area contributed by atoms with Gasteiger partial charge < -0.3 is 5.32 Å². The number of rotatable bonds is 3. The van der Waals surface area contributed by atoms with E-state index in [4.69, 9.17) is 11.6 Å². The second-order valence-electron chi connectivity index (χ2n) is 4.35. The molecule has 0 saturated heterocycles. The highest BCUT2D eigenvalue weighted by Crippen LogP contribution is 2.21. The van der Waals surface area contributed by atoms with Crippen molar-refractivity contribution in [2.45, 2.75) is 0 Å². The molecule has 0 fully saturated rings. The van der Waals surface area contributed by atoms with E-state index in [9.17, 15) is 9.18 Å². The van der Waals surface area contributed by atoms with Gasteiger partial charge in [-0.05, 0) is 40.8 Å². The van der Waals surface area contributed by atoms with Gasteiger partial charge in [-0.2, -0.15) is 4.68 Å². The second-order valence-corrected chi connectivity index (χ2v) is 4.76. The molecule has 0 atom stereocenters. The smallest absolute Gasteiger partial charge is 0.257 e. The molecule has 22 heavy (non-hydrogen) atoms. The Labute approximate surface area is 129 Å². The van der Waals surface area contributed by atoms with Gasteiger partial charge in [0.1, 0.15) is 12.1 Å². The van der Waals surface area contributed by atoms with Crippen LogP contribution in [0.1, 0.15) is 10.4 Å². The molecule has 0 bridgehead atoms. The van der Waals surface area contributed by atoms with Crippen molar-refractivity contribution in [1.82, 2.24) is 20.2 Å². The minimum atomic E-state index is -0.547. The van der Waals surface area contributed by atoms with E-state index in [2.05, 4.69) is 20.8 Å². The van der Waals surface area contributed by atoms with Gasteiger partial charge in [0.15, 0.2) is 0 Å². The van der Waals surface area contributed by atoms with Crippen molar-refractivity contribution >= 4 is 23.2 Å². The molecule has 0 aliphatic heterocycles. The standard InChI is InChI=1S/C14H9ClFN5O/c15-11-7-9(5-6-12(11)16)18-14(22)10-3-1-2-4-13(10)21-8-17-19-20-21/h1-8H,(H,18,22). The molecule has 0 spiro atoms. The summed E-state index contributed by atoms with van der Waals surface area (Å²) in [4.78, 5) is 12.4. The number of nitrogens with zero attached hydrogens (tertiary/aromatic N) is 4. The van der Waals surface area contributed by atoms with Gasteiger partial charge in [-0.1, -0.05) is 23.7 Å². The van der Waals surface area contributed by atoms with Crippen molar-refractivity contribution < 1.29 is 9.18 Å². The summed E-state index contributed by atoms with van der Waals surface area (Å²) in [6, 6.07) is 10.8. The number of aromatic nitrogens is 4. The van der Waals surface area contributed by atoms with Crippen molar-refractivity contribution in [1.29, 1.82) is 0 Å². The van der Waals surface area contributed by atoms with Crippen molar-refractivity contribution in [3.05, 3.63) is 65.2 Å². The monoisotopic (exact) mass is 317 g/mol. The zero-order valence-electron chi connectivity index (χ0n) is 11.1. The summed E-state index contributed by atoms with van der Waals surface area (Å²) >= 11 is 5.70. The molecule has 0 unspecified atom stereocenters. The lowest BCUT2D eigenvalue weighted by Gasteiger charge is -2.09. The Hall–Kier alpha value is -2.80. The van der Waals surface area contributed by atoms with Crippen LogP contribution in [-0.2, 0) is 0 Å². The first-order chi connectivity index (χ1) is 10.6. The number of benzene rings is 2. The Morgan fingerprint density at radius 1 is 1.23 bits per heavy atom. The molecule has 1 aromatic heterocycles. The van der Waals surface area contributed by atoms with Gasteiger partial charge in [0, 0.05) is 5.69 Å². The molecule has 0 aliphatic rings. The third-order valence-corrected chi connectivity index (χ3v) is 3.21. The molecule has 6 nitrogen and oxygen atoms in total. The summed E-state index contributed by atoms with van der Waals surface area (Å²) in [6.07, 6.45) is 1.39. The van der Waals surface area contributed by atoms with Gasteiger partial charge in [0.25, 0.3) is 5.91 Å². The van der Waals surface area contributed by atoms with Gasteiger partial charge in [-0.3, -0.25) is 4.79 Å². The van der Waals surface area contributed by atoms with Crippen LogP contribution in [0.4, 0.5) is 10.1 Å². The van der Waals surface area contributed by atoms with Gasteiger partial charge >= 0.3 is 0 Å². The molecule has 8 heteroatoms. The van der Waals surface area contributed by atoms with Gasteiger partial charge in [0.05, 0.1) is 16.3 Å². The molecular weight excluding hydrogens is 309 g/mol. The lowest BCUT2D eigenvalue weighted by molar-refractivity contribution is 0.102. The quantitative estimate of drug-likeness (QED) is 0.806. The number of para-hydroxylation sites is 1. The molecule has 1 N–H and O–H groups in total. The van der Waals surface area contributed by atoms with Crippen LogP contribution in [0, 0.1) is 5.82 Å². The van der Waals surface area contributed by atoms with Crippen LogP contribution < -0.4 is 5.32 Å². The largest absolute Gasteiger partial charge is 0.322 e. The number of halogens is 2. The topological polar surface area (TPSA) is 72.7 Å². The number of nitrogens with one attached hydrogen (secondary N) is 1. The van der Waals surface area contributed by atoms with Gasteiger partial charge in [-0.15, -0.1) is 5.10 Å². The maximum Gasteiger partial charge on any atom is 0.257 e. The second kappa shape index (κ2) is 5.90. The summed E-state index contributed by atoms with van der Waals surface area (Å²) in [5.74, 6) is -0.928. The zero-order valence-corrected chi connectivity index (χ0v) is 11.8. The van der Waals surface area contributed by atoms with E-state index in [1.165, 1.54) is 29.2 Å². The average molecular weight is 318 g/mol. The normalized spacial score (nSPS) is 10.5. The highest BCUT2D eigenvalue weighted by atomic mass is 35.5. The molecule has 3 aromatic rings. The van der Waals surface area contributed by atoms with Crippen LogP contribution >= 0.6 is 11.6 Å². The first kappa shape index (κ1) is 14.2. The summed E-state index contributed by atoms with van der Waals surface area (Å²) in [5, 5.41) is 13.5. The minimum Gasteiger partial charge on any atom is -0.322 e. The summed E-state index contributed by atoms with van der Waals surface area (Å²) < 4.78 is 14.5. The van der Waals surface area contributed by atoms with Crippen LogP contribution in [0.25, 0.3) is 5.69 Å². The number of hydrogen-bond acceptors (Lipinski definition) is 4. The summed E-state index contributed by atoms with van der Waals surface area (Å²) in [7, 11) is 0. The first-order valence-electron chi connectivity index (χ1n) is 6.24. The van der Waals surface area contributed by atoms with E-state index in [1.807, 2.05) is 0 Å². The highest BCUT2D eigenvalue weighted by Gasteiger charge is 2.14. The lowest BCUT2D eigenvalue weighted by Crippen LogP contribution is -2.15. The number of carbonyl (C=O) groups excluding carboxylic acids is 1. The fraction of sp³-hybridized carbons (Fsp3) is 0. The Morgan fingerprint density at radius 2 is 2.05 bits per heavy atom. The van der Waals surface area contributed by atoms with Gasteiger partial charge in [-0.25, -0.2) is 4.39 Å². The predicted molar refractivity (Wildman–Crippen MR) is 78.5 cm³/mol. The van der Waals surface area contributed by atoms with Crippen molar-refractivity contribution in [2.75, 3.05) is 5.32 Å². The fourth-order valence-corrected chi connectivity index (χ4v) is 2.09. The minimum absolute atomic E-state index is 0.0634. The molecule has 1 heterocycles. The predicted octanol–water partition coefficient (Wildman–Crippen LogP) is 2.71. The van der Waals surface area contributed by atoms with Crippen molar-refractivity contribution in [3.63, 3.8) is 0 Å². The van der Waals surface area contributed by atoms with Crippen LogP contribution in [0.2, 0.25) is 5.02 Å². The number of amides is 1. The van der Waals surface area contributed by atoms with E-state index < -0.39 is 5.82 Å². The molecule has 0 radical (unpaired) electrons. The van der Waals surface area contributed by atoms with Crippen LogP contribution in [0.3, 0.4) is 0 Å². The molecule has 0 aliphatic carbocycles. The SMILES string of the molecule is O=C(Nc1ccc(F)c(Cl)c1)c1ccccc1-n1cnnn1. The van der Waals surface area contributed by atoms with Crippen LogP contribution in [0.15, 0.2) is 48.8 Å². The Balaban J connectivity index is 1.91. The first-order valence-corrected chi connectivity index (χ1v) is 6.62. The maximum absolute atomic E-state index is 13.1. The Bertz CT molecular complexity index is 822. The van der Waals surface area contributed by atoms with E-state index >= 15 is 0 Å². The molecule has 3 rings (SSSR count). The zero-order chi connectivity index (χ0) is 15.5. The van der Waals surface area contributed by atoms with Crippen LogP contribution in [0.5, 0.6) is 0 Å². The van der Waals surface area contributed by atoms with E-state index in [0.717, 1.165) is 0 Å².